The van der Waals surface area contributed by atoms with Crippen LogP contribution in [0.15, 0.2) is 30.5 Å². The third-order valence-corrected chi connectivity index (χ3v) is 5.91. The largest absolute Gasteiger partial charge is 0.508 e. The fraction of sp³-hybridized carbons (Fsp3) is 0.600. The number of piperidine rings is 1. The van der Waals surface area contributed by atoms with Gasteiger partial charge in [-0.2, -0.15) is 0 Å². The second-order valence-corrected chi connectivity index (χ2v) is 7.75. The Hall–Kier alpha value is -1.92. The minimum atomic E-state index is -0.295. The Kier molecular flexibility index (Phi) is 5.22. The predicted octanol–water partition coefficient (Wildman–Crippen LogP) is 2.84. The quantitative estimate of drug-likeness (QED) is 0.881. The van der Waals surface area contributed by atoms with Gasteiger partial charge in [-0.15, -0.1) is 5.10 Å². The van der Waals surface area contributed by atoms with Gasteiger partial charge in [0.1, 0.15) is 5.75 Å². The molecule has 4 rings (SSSR count). The van der Waals surface area contributed by atoms with Gasteiger partial charge in [0.2, 0.25) is 0 Å². The molecule has 0 unspecified atom stereocenters. The number of aliphatic hydroxyl groups is 1. The van der Waals surface area contributed by atoms with Gasteiger partial charge in [0.15, 0.2) is 0 Å². The molecule has 2 aromatic rings. The van der Waals surface area contributed by atoms with Crippen LogP contribution in [0.3, 0.4) is 0 Å². The molecule has 0 amide bonds. The van der Waals surface area contributed by atoms with Gasteiger partial charge >= 0.3 is 0 Å². The molecule has 0 spiro atoms. The molecular formula is C20H28N4O2. The Morgan fingerprint density at radius 3 is 2.65 bits per heavy atom. The molecule has 2 fully saturated rings. The summed E-state index contributed by atoms with van der Waals surface area (Å²) in [5, 5.41) is 28.5. The molecule has 26 heavy (non-hydrogen) atoms. The molecule has 2 heterocycles. The van der Waals surface area contributed by atoms with Crippen molar-refractivity contribution in [3.05, 3.63) is 41.7 Å². The van der Waals surface area contributed by atoms with E-state index in [9.17, 15) is 10.2 Å². The SMILES string of the molecule is Oc1cccc(C2CCN(Cc3cn([C@@H]4CCCC[C@H]4O)nn3)CC2)c1. The summed E-state index contributed by atoms with van der Waals surface area (Å²) < 4.78 is 1.87. The Bertz CT molecular complexity index is 724. The zero-order valence-corrected chi connectivity index (χ0v) is 15.2. The normalized spacial score (nSPS) is 25.4. The summed E-state index contributed by atoms with van der Waals surface area (Å²) in [4.78, 5) is 2.42. The number of nitrogens with zero attached hydrogens (tertiary/aromatic N) is 4. The van der Waals surface area contributed by atoms with E-state index < -0.39 is 0 Å². The van der Waals surface area contributed by atoms with Gasteiger partial charge in [-0.05, 0) is 62.4 Å². The van der Waals surface area contributed by atoms with E-state index in [1.54, 1.807) is 6.07 Å². The number of benzene rings is 1. The van der Waals surface area contributed by atoms with Crippen molar-refractivity contribution in [3.63, 3.8) is 0 Å². The van der Waals surface area contributed by atoms with Crippen LogP contribution < -0.4 is 0 Å². The van der Waals surface area contributed by atoms with Crippen LogP contribution in [0.5, 0.6) is 5.75 Å². The summed E-state index contributed by atoms with van der Waals surface area (Å²) in [6.45, 7) is 2.87. The predicted molar refractivity (Wildman–Crippen MR) is 98.9 cm³/mol. The van der Waals surface area contributed by atoms with Crippen LogP contribution in [-0.2, 0) is 6.54 Å². The van der Waals surface area contributed by atoms with Crippen molar-refractivity contribution in [2.45, 2.75) is 63.1 Å². The number of aromatic nitrogens is 3. The summed E-state index contributed by atoms with van der Waals surface area (Å²) in [6.07, 6.45) is 8.02. The van der Waals surface area contributed by atoms with E-state index in [1.807, 2.05) is 23.0 Å². The van der Waals surface area contributed by atoms with Crippen LogP contribution in [0.25, 0.3) is 0 Å². The molecule has 1 saturated heterocycles. The molecule has 1 aromatic carbocycles. The number of likely N-dealkylation sites (tertiary alicyclic amines) is 1. The average molecular weight is 356 g/mol. The monoisotopic (exact) mass is 356 g/mol. The van der Waals surface area contributed by atoms with E-state index in [0.717, 1.165) is 63.9 Å². The molecule has 6 nitrogen and oxygen atoms in total. The molecule has 1 aromatic heterocycles. The number of aliphatic hydroxyl groups excluding tert-OH is 1. The Morgan fingerprint density at radius 2 is 1.88 bits per heavy atom. The highest BCUT2D eigenvalue weighted by Gasteiger charge is 2.26. The van der Waals surface area contributed by atoms with Crippen LogP contribution in [-0.4, -0.2) is 49.3 Å². The summed E-state index contributed by atoms with van der Waals surface area (Å²) in [6, 6.07) is 7.74. The number of aromatic hydroxyl groups is 1. The smallest absolute Gasteiger partial charge is 0.115 e. The highest BCUT2D eigenvalue weighted by atomic mass is 16.3. The standard InChI is InChI=1S/C20H28N4O2/c25-18-5-3-4-16(12-18)15-8-10-23(11-9-15)13-17-14-24(22-21-17)19-6-1-2-7-20(19)26/h3-5,12,14-15,19-20,25-26H,1-2,6-11,13H2/t19-,20-/m1/s1. The molecular weight excluding hydrogens is 328 g/mol. The van der Waals surface area contributed by atoms with E-state index in [0.29, 0.717) is 11.7 Å². The molecule has 0 radical (unpaired) electrons. The van der Waals surface area contributed by atoms with Crippen molar-refractivity contribution in [1.82, 2.24) is 19.9 Å². The van der Waals surface area contributed by atoms with Crippen LogP contribution in [0.2, 0.25) is 0 Å². The minimum Gasteiger partial charge on any atom is -0.508 e. The summed E-state index contributed by atoms with van der Waals surface area (Å²) in [5.74, 6) is 0.873. The Morgan fingerprint density at radius 1 is 1.08 bits per heavy atom. The first-order chi connectivity index (χ1) is 12.7. The molecule has 0 bridgehead atoms. The van der Waals surface area contributed by atoms with E-state index in [4.69, 9.17) is 0 Å². The lowest BCUT2D eigenvalue weighted by Gasteiger charge is -2.31. The van der Waals surface area contributed by atoms with Gasteiger partial charge < -0.3 is 10.2 Å². The highest BCUT2D eigenvalue weighted by molar-refractivity contribution is 5.30. The van der Waals surface area contributed by atoms with E-state index in [1.165, 1.54) is 5.56 Å². The fourth-order valence-electron chi connectivity index (χ4n) is 4.38. The van der Waals surface area contributed by atoms with Crippen LogP contribution in [0.4, 0.5) is 0 Å². The first-order valence-electron chi connectivity index (χ1n) is 9.79. The third kappa shape index (κ3) is 3.91. The average Bonchev–Trinajstić information content (AvgIpc) is 3.11. The second-order valence-electron chi connectivity index (χ2n) is 7.75. The maximum atomic E-state index is 10.2. The van der Waals surface area contributed by atoms with Gasteiger partial charge in [-0.25, -0.2) is 4.68 Å². The highest BCUT2D eigenvalue weighted by Crippen LogP contribution is 2.31. The lowest BCUT2D eigenvalue weighted by atomic mass is 9.89. The lowest BCUT2D eigenvalue weighted by Crippen LogP contribution is -2.32. The van der Waals surface area contributed by atoms with Gasteiger partial charge in [-0.1, -0.05) is 30.2 Å². The van der Waals surface area contributed by atoms with E-state index in [-0.39, 0.29) is 12.1 Å². The third-order valence-electron chi connectivity index (χ3n) is 5.91. The summed E-state index contributed by atoms with van der Waals surface area (Å²) in [7, 11) is 0. The van der Waals surface area contributed by atoms with Crippen molar-refractivity contribution in [1.29, 1.82) is 0 Å². The number of rotatable bonds is 4. The van der Waals surface area contributed by atoms with Crippen LogP contribution in [0.1, 0.15) is 61.7 Å². The van der Waals surface area contributed by atoms with Gasteiger partial charge in [-0.3, -0.25) is 4.90 Å². The lowest BCUT2D eigenvalue weighted by molar-refractivity contribution is 0.0685. The molecule has 1 aliphatic heterocycles. The topological polar surface area (TPSA) is 74.4 Å². The zero-order chi connectivity index (χ0) is 17.9. The number of phenolic OH excluding ortho intramolecular Hbond substituents is 1. The van der Waals surface area contributed by atoms with Crippen molar-refractivity contribution in [3.8, 4) is 5.75 Å². The molecule has 1 aliphatic carbocycles. The molecule has 2 aliphatic rings. The van der Waals surface area contributed by atoms with Gasteiger partial charge in [0.05, 0.1) is 24.0 Å². The fourth-order valence-corrected chi connectivity index (χ4v) is 4.38. The molecule has 140 valence electrons. The summed E-state index contributed by atoms with van der Waals surface area (Å²) >= 11 is 0. The Labute approximate surface area is 154 Å². The number of hydrogen-bond donors (Lipinski definition) is 2. The second kappa shape index (κ2) is 7.76. The van der Waals surface area contributed by atoms with Crippen molar-refractivity contribution >= 4 is 0 Å². The van der Waals surface area contributed by atoms with E-state index >= 15 is 0 Å². The minimum absolute atomic E-state index is 0.0847. The summed E-state index contributed by atoms with van der Waals surface area (Å²) in [5.41, 5.74) is 2.22. The molecule has 6 heteroatoms. The van der Waals surface area contributed by atoms with Crippen LogP contribution >= 0.6 is 0 Å². The maximum absolute atomic E-state index is 10.2. The maximum Gasteiger partial charge on any atom is 0.115 e. The molecule has 1 saturated carbocycles. The Balaban J connectivity index is 1.32. The van der Waals surface area contributed by atoms with E-state index in [2.05, 4.69) is 21.3 Å². The zero-order valence-electron chi connectivity index (χ0n) is 15.2. The van der Waals surface area contributed by atoms with Crippen molar-refractivity contribution in [2.24, 2.45) is 0 Å². The number of phenols is 1. The molecule has 2 atom stereocenters. The molecule has 2 N–H and O–H groups in total. The number of hydrogen-bond acceptors (Lipinski definition) is 5. The first-order valence-corrected chi connectivity index (χ1v) is 9.79. The van der Waals surface area contributed by atoms with Crippen molar-refractivity contribution < 1.29 is 10.2 Å². The van der Waals surface area contributed by atoms with Gasteiger partial charge in [0.25, 0.3) is 0 Å². The first kappa shape index (κ1) is 17.5. The van der Waals surface area contributed by atoms with Crippen molar-refractivity contribution in [2.75, 3.05) is 13.1 Å². The van der Waals surface area contributed by atoms with Gasteiger partial charge in [0, 0.05) is 6.54 Å². The van der Waals surface area contributed by atoms with Crippen LogP contribution in [0, 0.1) is 0 Å².